The molecule has 0 unspecified atom stereocenters. The van der Waals surface area contributed by atoms with Crippen LogP contribution in [0.2, 0.25) is 0 Å². The number of para-hydroxylation sites is 1. The van der Waals surface area contributed by atoms with Crippen LogP contribution < -0.4 is 4.74 Å². The van der Waals surface area contributed by atoms with E-state index >= 15 is 0 Å². The molecule has 0 heterocycles. The van der Waals surface area contributed by atoms with Gasteiger partial charge in [0.1, 0.15) is 11.5 Å². The maximum Gasteiger partial charge on any atom is 0.143 e. The predicted octanol–water partition coefficient (Wildman–Crippen LogP) is 3.39. The van der Waals surface area contributed by atoms with Gasteiger partial charge in [-0.05, 0) is 18.9 Å². The number of hydrogen-bond donors (Lipinski definition) is 0. The van der Waals surface area contributed by atoms with Gasteiger partial charge < -0.3 is 4.74 Å². The van der Waals surface area contributed by atoms with Gasteiger partial charge in [-0.15, -0.1) is 0 Å². The Morgan fingerprint density at radius 2 is 1.94 bits per heavy atom. The normalized spacial score (nSPS) is 18.0. The number of carbonyl (C=O) groups excluding carboxylic acids is 1. The van der Waals surface area contributed by atoms with Crippen LogP contribution in [0.3, 0.4) is 0 Å². The number of carbonyl (C=O) groups is 1. The van der Waals surface area contributed by atoms with Gasteiger partial charge in [0.15, 0.2) is 0 Å². The molecule has 0 saturated heterocycles. The van der Waals surface area contributed by atoms with Crippen molar-refractivity contribution >= 4 is 5.78 Å². The average molecular weight is 232 g/mol. The van der Waals surface area contributed by atoms with Crippen LogP contribution in [0.1, 0.15) is 38.2 Å². The summed E-state index contributed by atoms with van der Waals surface area (Å²) < 4.78 is 5.29. The minimum Gasteiger partial charge on any atom is -0.496 e. The van der Waals surface area contributed by atoms with Gasteiger partial charge in [0.05, 0.1) is 7.11 Å². The third-order valence-electron chi connectivity index (χ3n) is 3.92. The van der Waals surface area contributed by atoms with Gasteiger partial charge in [-0.2, -0.15) is 0 Å². The molecule has 1 aromatic rings. The van der Waals surface area contributed by atoms with E-state index in [2.05, 4.69) is 6.92 Å². The largest absolute Gasteiger partial charge is 0.496 e. The molecule has 1 aliphatic rings. The van der Waals surface area contributed by atoms with Crippen LogP contribution in [0.4, 0.5) is 0 Å². The summed E-state index contributed by atoms with van der Waals surface area (Å²) in [7, 11) is 1.65. The van der Waals surface area contributed by atoms with E-state index in [1.54, 1.807) is 7.11 Å². The van der Waals surface area contributed by atoms with E-state index in [4.69, 9.17) is 4.74 Å². The highest BCUT2D eigenvalue weighted by molar-refractivity contribution is 5.87. The Balaban J connectivity index is 2.12. The first kappa shape index (κ1) is 12.2. The van der Waals surface area contributed by atoms with Crippen molar-refractivity contribution in [2.75, 3.05) is 7.11 Å². The quantitative estimate of drug-likeness (QED) is 0.795. The third-order valence-corrected chi connectivity index (χ3v) is 3.92. The Morgan fingerprint density at radius 1 is 1.29 bits per heavy atom. The van der Waals surface area contributed by atoms with Crippen molar-refractivity contribution in [3.8, 4) is 5.75 Å². The maximum atomic E-state index is 12.3. The SMILES string of the molecule is COc1ccccc1CC(=O)C1(C)CCCC1. The molecular formula is C15H20O2. The number of Topliss-reactive ketones (excluding diaryl/α,β-unsaturated/α-hetero) is 1. The summed E-state index contributed by atoms with van der Waals surface area (Å²) in [5.74, 6) is 1.18. The second-order valence-electron chi connectivity index (χ2n) is 5.18. The van der Waals surface area contributed by atoms with Crippen molar-refractivity contribution < 1.29 is 9.53 Å². The highest BCUT2D eigenvalue weighted by Crippen LogP contribution is 2.39. The molecule has 2 rings (SSSR count). The van der Waals surface area contributed by atoms with Crippen molar-refractivity contribution in [3.63, 3.8) is 0 Å². The maximum absolute atomic E-state index is 12.3. The lowest BCUT2D eigenvalue weighted by Crippen LogP contribution is -2.26. The molecule has 0 radical (unpaired) electrons. The molecule has 92 valence electrons. The number of methoxy groups -OCH3 is 1. The van der Waals surface area contributed by atoms with E-state index in [1.807, 2.05) is 24.3 Å². The van der Waals surface area contributed by atoms with Crippen molar-refractivity contribution in [2.45, 2.75) is 39.0 Å². The number of ketones is 1. The number of benzene rings is 1. The Hall–Kier alpha value is -1.31. The molecule has 0 aliphatic heterocycles. The first-order valence-corrected chi connectivity index (χ1v) is 6.31. The van der Waals surface area contributed by atoms with Gasteiger partial charge >= 0.3 is 0 Å². The van der Waals surface area contributed by atoms with Crippen LogP contribution >= 0.6 is 0 Å². The monoisotopic (exact) mass is 232 g/mol. The molecule has 1 aliphatic carbocycles. The summed E-state index contributed by atoms with van der Waals surface area (Å²) in [4.78, 5) is 12.3. The summed E-state index contributed by atoms with van der Waals surface area (Å²) in [5, 5.41) is 0. The lowest BCUT2D eigenvalue weighted by molar-refractivity contribution is -0.126. The molecule has 0 atom stereocenters. The number of rotatable bonds is 4. The first-order valence-electron chi connectivity index (χ1n) is 6.31. The van der Waals surface area contributed by atoms with Gasteiger partial charge in [0, 0.05) is 17.4 Å². The van der Waals surface area contributed by atoms with Crippen LogP contribution in [0.5, 0.6) is 5.75 Å². The molecule has 17 heavy (non-hydrogen) atoms. The summed E-state index contributed by atoms with van der Waals surface area (Å²) in [6.45, 7) is 2.11. The Bertz CT molecular complexity index is 403. The van der Waals surface area contributed by atoms with E-state index < -0.39 is 0 Å². The molecule has 2 heteroatoms. The van der Waals surface area contributed by atoms with Crippen molar-refractivity contribution in [1.82, 2.24) is 0 Å². The lowest BCUT2D eigenvalue weighted by atomic mass is 9.81. The second-order valence-corrected chi connectivity index (χ2v) is 5.18. The molecule has 1 saturated carbocycles. The minimum absolute atomic E-state index is 0.0964. The zero-order valence-electron chi connectivity index (χ0n) is 10.7. The van der Waals surface area contributed by atoms with Crippen LogP contribution in [-0.4, -0.2) is 12.9 Å². The molecule has 1 aromatic carbocycles. The fourth-order valence-corrected chi connectivity index (χ4v) is 2.67. The molecule has 0 amide bonds. The van der Waals surface area contributed by atoms with Crippen LogP contribution in [-0.2, 0) is 11.2 Å². The standard InChI is InChI=1S/C15H20O2/c1-15(9-5-6-10-15)14(16)11-12-7-3-4-8-13(12)17-2/h3-4,7-8H,5-6,9-11H2,1-2H3. The van der Waals surface area contributed by atoms with Gasteiger partial charge in [-0.1, -0.05) is 38.0 Å². The Labute approximate surface area is 103 Å². The summed E-state index contributed by atoms with van der Waals surface area (Å²) >= 11 is 0. The molecule has 0 N–H and O–H groups in total. The second kappa shape index (κ2) is 4.91. The summed E-state index contributed by atoms with van der Waals surface area (Å²) in [6, 6.07) is 7.79. The zero-order chi connectivity index (χ0) is 12.3. The summed E-state index contributed by atoms with van der Waals surface area (Å²) in [5.41, 5.74) is 0.911. The van der Waals surface area contributed by atoms with Crippen molar-refractivity contribution in [1.29, 1.82) is 0 Å². The lowest BCUT2D eigenvalue weighted by Gasteiger charge is -2.22. The van der Waals surface area contributed by atoms with E-state index in [9.17, 15) is 4.79 Å². The van der Waals surface area contributed by atoms with Gasteiger partial charge in [-0.25, -0.2) is 0 Å². The van der Waals surface area contributed by atoms with Gasteiger partial charge in [0.2, 0.25) is 0 Å². The zero-order valence-corrected chi connectivity index (χ0v) is 10.7. The number of ether oxygens (including phenoxy) is 1. The molecule has 0 spiro atoms. The van der Waals surface area contributed by atoms with Crippen LogP contribution in [0.25, 0.3) is 0 Å². The molecule has 2 nitrogen and oxygen atoms in total. The summed E-state index contributed by atoms with van der Waals surface area (Å²) in [6.07, 6.45) is 4.96. The van der Waals surface area contributed by atoms with E-state index in [0.29, 0.717) is 12.2 Å². The van der Waals surface area contributed by atoms with Gasteiger partial charge in [0.25, 0.3) is 0 Å². The number of hydrogen-bond acceptors (Lipinski definition) is 2. The highest BCUT2D eigenvalue weighted by Gasteiger charge is 2.35. The molecule has 0 aromatic heterocycles. The fourth-order valence-electron chi connectivity index (χ4n) is 2.67. The van der Waals surface area contributed by atoms with Crippen LogP contribution in [0, 0.1) is 5.41 Å². The Morgan fingerprint density at radius 3 is 2.59 bits per heavy atom. The smallest absolute Gasteiger partial charge is 0.143 e. The van der Waals surface area contributed by atoms with E-state index in [0.717, 1.165) is 24.2 Å². The minimum atomic E-state index is -0.0964. The van der Waals surface area contributed by atoms with Crippen molar-refractivity contribution in [3.05, 3.63) is 29.8 Å². The van der Waals surface area contributed by atoms with Crippen LogP contribution in [0.15, 0.2) is 24.3 Å². The topological polar surface area (TPSA) is 26.3 Å². The molecular weight excluding hydrogens is 212 g/mol. The van der Waals surface area contributed by atoms with E-state index in [-0.39, 0.29) is 5.41 Å². The highest BCUT2D eigenvalue weighted by atomic mass is 16.5. The van der Waals surface area contributed by atoms with E-state index in [1.165, 1.54) is 12.8 Å². The first-order chi connectivity index (χ1) is 8.15. The van der Waals surface area contributed by atoms with Gasteiger partial charge in [-0.3, -0.25) is 4.79 Å². The predicted molar refractivity (Wildman–Crippen MR) is 68.3 cm³/mol. The third kappa shape index (κ3) is 2.51. The Kier molecular flexibility index (Phi) is 3.51. The van der Waals surface area contributed by atoms with Crippen molar-refractivity contribution in [2.24, 2.45) is 5.41 Å². The molecule has 1 fully saturated rings. The average Bonchev–Trinajstić information content (AvgIpc) is 2.78. The molecule has 0 bridgehead atoms. The fraction of sp³-hybridized carbons (Fsp3) is 0.533.